The van der Waals surface area contributed by atoms with Crippen molar-refractivity contribution in [1.82, 2.24) is 15.6 Å². The summed E-state index contributed by atoms with van der Waals surface area (Å²) < 4.78 is 4.88. The van der Waals surface area contributed by atoms with E-state index in [1.54, 1.807) is 6.07 Å². The standard InChI is InChI=1S/C23H21N3O3/c27-22(14-26-23(28)17-10-11-29-15-17)25-12-19(16-6-2-1-3-7-16)20-13-24-21-9-5-4-8-18(20)21/h1-11,13,15,19,24H,12,14H2,(H,25,27)(H,26,28). The maximum absolute atomic E-state index is 12.3. The number of carbonyl (C=O) groups excluding carboxylic acids is 2. The van der Waals surface area contributed by atoms with E-state index in [0.717, 1.165) is 22.0 Å². The molecule has 4 aromatic rings. The van der Waals surface area contributed by atoms with Gasteiger partial charge < -0.3 is 20.0 Å². The molecular weight excluding hydrogens is 366 g/mol. The molecule has 0 fully saturated rings. The second kappa shape index (κ2) is 8.48. The van der Waals surface area contributed by atoms with Crippen molar-refractivity contribution < 1.29 is 14.0 Å². The van der Waals surface area contributed by atoms with Crippen LogP contribution in [0, 0.1) is 0 Å². The molecule has 2 aromatic carbocycles. The molecule has 6 heteroatoms. The van der Waals surface area contributed by atoms with Crippen LogP contribution in [0.1, 0.15) is 27.4 Å². The van der Waals surface area contributed by atoms with E-state index in [9.17, 15) is 9.59 Å². The Labute approximate surface area is 167 Å². The van der Waals surface area contributed by atoms with Gasteiger partial charge in [-0.1, -0.05) is 48.5 Å². The van der Waals surface area contributed by atoms with E-state index in [2.05, 4.69) is 33.8 Å². The van der Waals surface area contributed by atoms with Gasteiger partial charge in [-0.2, -0.15) is 0 Å². The third-order valence-corrected chi connectivity index (χ3v) is 4.89. The zero-order valence-corrected chi connectivity index (χ0v) is 15.7. The molecule has 6 nitrogen and oxygen atoms in total. The van der Waals surface area contributed by atoms with Crippen LogP contribution in [0.15, 0.2) is 83.8 Å². The summed E-state index contributed by atoms with van der Waals surface area (Å²) in [6, 6.07) is 19.7. The summed E-state index contributed by atoms with van der Waals surface area (Å²) in [6.07, 6.45) is 4.76. The van der Waals surface area contributed by atoms with E-state index in [-0.39, 0.29) is 24.3 Å². The van der Waals surface area contributed by atoms with Gasteiger partial charge in [-0.15, -0.1) is 0 Å². The fourth-order valence-electron chi connectivity index (χ4n) is 3.41. The summed E-state index contributed by atoms with van der Waals surface area (Å²) in [5, 5.41) is 6.67. The molecule has 3 N–H and O–H groups in total. The molecule has 4 rings (SSSR count). The Bertz CT molecular complexity index is 1100. The average Bonchev–Trinajstić information content (AvgIpc) is 3.44. The smallest absolute Gasteiger partial charge is 0.254 e. The van der Waals surface area contributed by atoms with Gasteiger partial charge in [0, 0.05) is 29.6 Å². The maximum atomic E-state index is 12.3. The second-order valence-electron chi connectivity index (χ2n) is 6.75. The largest absolute Gasteiger partial charge is 0.472 e. The number of hydrogen-bond donors (Lipinski definition) is 3. The molecule has 0 aliphatic rings. The molecule has 0 spiro atoms. The van der Waals surface area contributed by atoms with Gasteiger partial charge >= 0.3 is 0 Å². The molecule has 0 saturated heterocycles. The molecule has 0 bridgehead atoms. The van der Waals surface area contributed by atoms with Crippen molar-refractivity contribution in [2.45, 2.75) is 5.92 Å². The van der Waals surface area contributed by atoms with Crippen LogP contribution in [-0.2, 0) is 4.79 Å². The molecule has 2 heterocycles. The Hall–Kier alpha value is -3.80. The number of benzene rings is 2. The summed E-state index contributed by atoms with van der Waals surface area (Å²) >= 11 is 0. The number of furan rings is 1. The Kier molecular flexibility index (Phi) is 5.42. The number of fused-ring (bicyclic) bond motifs is 1. The topological polar surface area (TPSA) is 87.1 Å². The van der Waals surface area contributed by atoms with Crippen molar-refractivity contribution in [3.63, 3.8) is 0 Å². The third kappa shape index (κ3) is 4.21. The van der Waals surface area contributed by atoms with Gasteiger partial charge in [0.25, 0.3) is 5.91 Å². The van der Waals surface area contributed by atoms with Gasteiger partial charge in [-0.25, -0.2) is 0 Å². The highest BCUT2D eigenvalue weighted by Crippen LogP contribution is 2.30. The zero-order valence-electron chi connectivity index (χ0n) is 15.7. The van der Waals surface area contributed by atoms with Gasteiger partial charge in [-0.05, 0) is 23.3 Å². The highest BCUT2D eigenvalue weighted by atomic mass is 16.3. The quantitative estimate of drug-likeness (QED) is 0.454. The first kappa shape index (κ1) is 18.6. The molecule has 0 aliphatic carbocycles. The number of nitrogens with one attached hydrogen (secondary N) is 3. The number of para-hydroxylation sites is 1. The monoisotopic (exact) mass is 387 g/mol. The van der Waals surface area contributed by atoms with E-state index >= 15 is 0 Å². The van der Waals surface area contributed by atoms with Crippen molar-refractivity contribution in [1.29, 1.82) is 0 Å². The minimum atomic E-state index is -0.342. The lowest BCUT2D eigenvalue weighted by molar-refractivity contribution is -0.120. The van der Waals surface area contributed by atoms with Crippen molar-refractivity contribution in [3.8, 4) is 0 Å². The molecule has 0 saturated carbocycles. The Morgan fingerprint density at radius 2 is 1.76 bits per heavy atom. The summed E-state index contributed by atoms with van der Waals surface area (Å²) in [4.78, 5) is 27.6. The van der Waals surface area contributed by atoms with Crippen LogP contribution in [0.5, 0.6) is 0 Å². The molecule has 2 amide bonds. The van der Waals surface area contributed by atoms with Gasteiger partial charge in [0.2, 0.25) is 5.91 Å². The fourth-order valence-corrected chi connectivity index (χ4v) is 3.41. The summed E-state index contributed by atoms with van der Waals surface area (Å²) in [7, 11) is 0. The van der Waals surface area contributed by atoms with Gasteiger partial charge in [0.15, 0.2) is 0 Å². The van der Waals surface area contributed by atoms with Crippen molar-refractivity contribution >= 4 is 22.7 Å². The second-order valence-corrected chi connectivity index (χ2v) is 6.75. The van der Waals surface area contributed by atoms with E-state index in [0.29, 0.717) is 12.1 Å². The van der Waals surface area contributed by atoms with Crippen LogP contribution in [0.2, 0.25) is 0 Å². The first-order chi connectivity index (χ1) is 14.2. The van der Waals surface area contributed by atoms with Crippen LogP contribution in [0.25, 0.3) is 10.9 Å². The predicted octanol–water partition coefficient (Wildman–Crippen LogP) is 3.44. The Morgan fingerprint density at radius 3 is 2.55 bits per heavy atom. The van der Waals surface area contributed by atoms with Crippen LogP contribution in [-0.4, -0.2) is 29.9 Å². The molecule has 1 atom stereocenters. The van der Waals surface area contributed by atoms with Crippen LogP contribution < -0.4 is 10.6 Å². The highest BCUT2D eigenvalue weighted by molar-refractivity contribution is 5.96. The maximum Gasteiger partial charge on any atom is 0.254 e. The molecule has 146 valence electrons. The number of aromatic nitrogens is 1. The number of hydrogen-bond acceptors (Lipinski definition) is 3. The normalized spacial score (nSPS) is 11.9. The highest BCUT2D eigenvalue weighted by Gasteiger charge is 2.19. The molecule has 2 aromatic heterocycles. The molecule has 29 heavy (non-hydrogen) atoms. The van der Waals surface area contributed by atoms with Gasteiger partial charge in [0.05, 0.1) is 18.4 Å². The van der Waals surface area contributed by atoms with Gasteiger partial charge in [0.1, 0.15) is 6.26 Å². The fraction of sp³-hybridized carbons (Fsp3) is 0.130. The predicted molar refractivity (Wildman–Crippen MR) is 111 cm³/mol. The molecular formula is C23H21N3O3. The zero-order chi connectivity index (χ0) is 20.1. The van der Waals surface area contributed by atoms with E-state index in [1.807, 2.05) is 42.6 Å². The molecule has 0 radical (unpaired) electrons. The third-order valence-electron chi connectivity index (χ3n) is 4.89. The van der Waals surface area contributed by atoms with Crippen LogP contribution in [0.4, 0.5) is 0 Å². The Morgan fingerprint density at radius 1 is 0.966 bits per heavy atom. The molecule has 0 aliphatic heterocycles. The lowest BCUT2D eigenvalue weighted by Gasteiger charge is -2.18. The first-order valence-corrected chi connectivity index (χ1v) is 9.40. The van der Waals surface area contributed by atoms with Crippen molar-refractivity contribution in [2.24, 2.45) is 0 Å². The van der Waals surface area contributed by atoms with Crippen molar-refractivity contribution in [2.75, 3.05) is 13.1 Å². The average molecular weight is 387 g/mol. The number of amides is 2. The van der Waals surface area contributed by atoms with E-state index in [1.165, 1.54) is 12.5 Å². The minimum absolute atomic E-state index is 0.0131. The molecule has 1 unspecified atom stereocenters. The lowest BCUT2D eigenvalue weighted by Crippen LogP contribution is -2.38. The van der Waals surface area contributed by atoms with Gasteiger partial charge in [-0.3, -0.25) is 9.59 Å². The van der Waals surface area contributed by atoms with Crippen molar-refractivity contribution in [3.05, 3.63) is 96.1 Å². The SMILES string of the molecule is O=C(CNC(=O)c1ccoc1)NCC(c1ccccc1)c1c[nH]c2ccccc12. The van der Waals surface area contributed by atoms with E-state index < -0.39 is 0 Å². The number of H-pyrrole nitrogens is 1. The summed E-state index contributed by atoms with van der Waals surface area (Å²) in [5.74, 6) is -0.603. The number of aromatic amines is 1. The minimum Gasteiger partial charge on any atom is -0.472 e. The van der Waals surface area contributed by atoms with E-state index in [4.69, 9.17) is 4.42 Å². The first-order valence-electron chi connectivity index (χ1n) is 9.40. The van der Waals surface area contributed by atoms with Crippen LogP contribution >= 0.6 is 0 Å². The summed E-state index contributed by atoms with van der Waals surface area (Å²) in [6.45, 7) is 0.325. The summed E-state index contributed by atoms with van der Waals surface area (Å²) in [5.41, 5.74) is 3.68. The number of carbonyl (C=O) groups is 2. The Balaban J connectivity index is 1.46. The number of rotatable bonds is 7. The van der Waals surface area contributed by atoms with Crippen LogP contribution in [0.3, 0.4) is 0 Å². The lowest BCUT2D eigenvalue weighted by atomic mass is 9.91.